The van der Waals surface area contributed by atoms with Crippen molar-refractivity contribution in [3.8, 4) is 0 Å². The van der Waals surface area contributed by atoms with E-state index in [2.05, 4.69) is 81.9 Å². The van der Waals surface area contributed by atoms with Crippen LogP contribution in [0.2, 0.25) is 0 Å². The summed E-state index contributed by atoms with van der Waals surface area (Å²) in [6.07, 6.45) is 16.3. The van der Waals surface area contributed by atoms with Crippen LogP contribution in [0, 0.1) is 0 Å². The van der Waals surface area contributed by atoms with E-state index in [-0.39, 0.29) is 49.6 Å². The van der Waals surface area contributed by atoms with Gasteiger partial charge in [0.2, 0.25) is 0 Å². The predicted octanol–water partition coefficient (Wildman–Crippen LogP) is 8.11. The minimum absolute atomic E-state index is 0. The molecule has 0 aromatic heterocycles. The third kappa shape index (κ3) is 27.6. The van der Waals surface area contributed by atoms with Gasteiger partial charge in [0, 0.05) is 13.1 Å². The fraction of sp³-hybridized carbons (Fsp3) is 0.625. The molecule has 0 aliphatic heterocycles. The Hall–Kier alpha value is -0.560. The van der Waals surface area contributed by atoms with E-state index in [0.29, 0.717) is 0 Å². The molecule has 0 amide bonds. The topological polar surface area (TPSA) is 48.1 Å². The Morgan fingerprint density at radius 1 is 0.300 bits per heavy atom. The Morgan fingerprint density at radius 3 is 0.925 bits per heavy atom. The van der Waals surface area contributed by atoms with Gasteiger partial charge >= 0.3 is 0 Å². The molecule has 4 N–H and O–H groups in total. The molecule has 2 aromatic carbocycles. The molecular formula is C32H58Cl4N4. The highest BCUT2D eigenvalue weighted by atomic mass is 35.5. The zero-order chi connectivity index (χ0) is 25.2. The molecule has 4 nitrogen and oxygen atoms in total. The van der Waals surface area contributed by atoms with E-state index in [1.165, 1.54) is 101 Å². The molecule has 0 unspecified atom stereocenters. The molecule has 0 fully saturated rings. The lowest BCUT2D eigenvalue weighted by molar-refractivity contribution is 0.525. The van der Waals surface area contributed by atoms with Crippen LogP contribution < -0.4 is 21.3 Å². The van der Waals surface area contributed by atoms with Gasteiger partial charge in [-0.1, -0.05) is 112 Å². The molecule has 234 valence electrons. The van der Waals surface area contributed by atoms with Crippen LogP contribution in [-0.4, -0.2) is 39.3 Å². The summed E-state index contributed by atoms with van der Waals surface area (Å²) in [7, 11) is 0. The van der Waals surface area contributed by atoms with E-state index in [1.807, 2.05) is 0 Å². The maximum Gasteiger partial charge on any atom is 0.0205 e. The number of rotatable bonds is 25. The summed E-state index contributed by atoms with van der Waals surface area (Å²) in [5.41, 5.74) is 2.74. The summed E-state index contributed by atoms with van der Waals surface area (Å²) < 4.78 is 0. The first kappa shape index (κ1) is 43.9. The van der Waals surface area contributed by atoms with Gasteiger partial charge in [-0.3, -0.25) is 0 Å². The van der Waals surface area contributed by atoms with Crippen LogP contribution in [0.25, 0.3) is 0 Å². The Bertz CT molecular complexity index is 649. The Kier molecular flexibility index (Phi) is 38.0. The van der Waals surface area contributed by atoms with Crippen molar-refractivity contribution >= 4 is 49.6 Å². The van der Waals surface area contributed by atoms with Crippen molar-refractivity contribution in [2.45, 2.75) is 90.1 Å². The molecule has 8 heteroatoms. The summed E-state index contributed by atoms with van der Waals surface area (Å²) in [6.45, 7) is 8.75. The Labute approximate surface area is 271 Å². The molecule has 0 radical (unpaired) electrons. The Morgan fingerprint density at radius 2 is 0.575 bits per heavy atom. The summed E-state index contributed by atoms with van der Waals surface area (Å²) in [6, 6.07) is 21.3. The maximum absolute atomic E-state index is 3.59. The molecule has 40 heavy (non-hydrogen) atoms. The summed E-state index contributed by atoms with van der Waals surface area (Å²) >= 11 is 0. The number of halogens is 4. The van der Waals surface area contributed by atoms with Crippen molar-refractivity contribution in [1.82, 2.24) is 21.3 Å². The second-order valence-corrected chi connectivity index (χ2v) is 10.1. The average molecular weight is 641 g/mol. The molecule has 0 saturated heterocycles. The number of hydrogen-bond acceptors (Lipinski definition) is 4. The number of unbranched alkanes of at least 4 members (excludes halogenated alkanes) is 9. The van der Waals surface area contributed by atoms with E-state index < -0.39 is 0 Å². The van der Waals surface area contributed by atoms with E-state index in [0.717, 1.165) is 39.3 Å². The first-order valence-electron chi connectivity index (χ1n) is 14.9. The van der Waals surface area contributed by atoms with Crippen molar-refractivity contribution in [1.29, 1.82) is 0 Å². The molecular weight excluding hydrogens is 582 g/mol. The number of nitrogens with one attached hydrogen (secondary N) is 4. The third-order valence-electron chi connectivity index (χ3n) is 6.72. The van der Waals surface area contributed by atoms with E-state index in [9.17, 15) is 0 Å². The molecule has 0 spiro atoms. The monoisotopic (exact) mass is 638 g/mol. The molecule has 0 saturated carbocycles. The molecule has 0 bridgehead atoms. The highest BCUT2D eigenvalue weighted by molar-refractivity contribution is 5.86. The van der Waals surface area contributed by atoms with Crippen molar-refractivity contribution in [2.24, 2.45) is 0 Å². The lowest BCUT2D eigenvalue weighted by Gasteiger charge is -2.07. The van der Waals surface area contributed by atoms with E-state index >= 15 is 0 Å². The van der Waals surface area contributed by atoms with E-state index in [1.54, 1.807) is 0 Å². The van der Waals surface area contributed by atoms with Crippen LogP contribution in [0.4, 0.5) is 0 Å². The standard InChI is InChI=1S/C32H54N4.4ClH/c1(3-5-7-15-23-33-25-17-27-35-29-31-19-11-9-12-20-31)2-4-6-8-16-24-34-26-18-28-36-30-32-21-13-10-14-22-32;;;;/h9-14,19-22,33-36H,1-8,15-18,23-30H2;4*1H. The Balaban J connectivity index is -0.00000342. The molecule has 0 aliphatic rings. The van der Waals surface area contributed by atoms with Crippen LogP contribution in [-0.2, 0) is 13.1 Å². The second-order valence-electron chi connectivity index (χ2n) is 10.1. The molecule has 0 heterocycles. The maximum atomic E-state index is 3.59. The summed E-state index contributed by atoms with van der Waals surface area (Å²) in [4.78, 5) is 0. The van der Waals surface area contributed by atoms with Gasteiger partial charge in [-0.15, -0.1) is 49.6 Å². The fourth-order valence-corrected chi connectivity index (χ4v) is 4.50. The van der Waals surface area contributed by atoms with Crippen molar-refractivity contribution < 1.29 is 0 Å². The van der Waals surface area contributed by atoms with Gasteiger partial charge in [0.1, 0.15) is 0 Å². The molecule has 2 aromatic rings. The summed E-state index contributed by atoms with van der Waals surface area (Å²) in [5, 5.41) is 14.2. The van der Waals surface area contributed by atoms with Crippen molar-refractivity contribution in [3.63, 3.8) is 0 Å². The normalized spacial score (nSPS) is 10.1. The lowest BCUT2D eigenvalue weighted by atomic mass is 10.1. The highest BCUT2D eigenvalue weighted by Crippen LogP contribution is 2.10. The van der Waals surface area contributed by atoms with E-state index in [4.69, 9.17) is 0 Å². The van der Waals surface area contributed by atoms with Crippen LogP contribution in [0.1, 0.15) is 88.2 Å². The first-order chi connectivity index (χ1) is 17.9. The minimum atomic E-state index is 0. The van der Waals surface area contributed by atoms with Gasteiger partial charge in [-0.05, 0) is 76.1 Å². The number of benzene rings is 2. The van der Waals surface area contributed by atoms with Crippen LogP contribution in [0.5, 0.6) is 0 Å². The van der Waals surface area contributed by atoms with Gasteiger partial charge in [0.15, 0.2) is 0 Å². The first-order valence-corrected chi connectivity index (χ1v) is 14.9. The number of hydrogen-bond donors (Lipinski definition) is 4. The largest absolute Gasteiger partial charge is 0.317 e. The van der Waals surface area contributed by atoms with Gasteiger partial charge in [-0.25, -0.2) is 0 Å². The highest BCUT2D eigenvalue weighted by Gasteiger charge is 1.96. The zero-order valence-corrected chi connectivity index (χ0v) is 27.8. The smallest absolute Gasteiger partial charge is 0.0205 e. The van der Waals surface area contributed by atoms with Gasteiger partial charge in [0.25, 0.3) is 0 Å². The fourth-order valence-electron chi connectivity index (χ4n) is 4.50. The predicted molar refractivity (Wildman–Crippen MR) is 186 cm³/mol. The SMILES string of the molecule is Cl.Cl.Cl.Cl.c1ccc(CNCCCNCCCCCCCCCCCCNCCCNCc2ccccc2)cc1. The average Bonchev–Trinajstić information content (AvgIpc) is 2.92. The zero-order valence-electron chi connectivity index (χ0n) is 24.5. The molecule has 0 aliphatic carbocycles. The molecule has 0 atom stereocenters. The second kappa shape index (κ2) is 34.6. The van der Waals surface area contributed by atoms with Crippen LogP contribution >= 0.6 is 49.6 Å². The summed E-state index contributed by atoms with van der Waals surface area (Å²) in [5.74, 6) is 0. The van der Waals surface area contributed by atoms with Gasteiger partial charge < -0.3 is 21.3 Å². The third-order valence-corrected chi connectivity index (χ3v) is 6.72. The van der Waals surface area contributed by atoms with Gasteiger partial charge in [0.05, 0.1) is 0 Å². The molecule has 2 rings (SSSR count). The quantitative estimate of drug-likeness (QED) is 0.0829. The van der Waals surface area contributed by atoms with Crippen LogP contribution in [0.3, 0.4) is 0 Å². The lowest BCUT2D eigenvalue weighted by Crippen LogP contribution is -2.22. The van der Waals surface area contributed by atoms with Crippen molar-refractivity contribution in [3.05, 3.63) is 71.8 Å². The van der Waals surface area contributed by atoms with Crippen molar-refractivity contribution in [2.75, 3.05) is 39.3 Å². The minimum Gasteiger partial charge on any atom is -0.317 e. The van der Waals surface area contributed by atoms with Gasteiger partial charge in [-0.2, -0.15) is 0 Å². The van der Waals surface area contributed by atoms with Crippen LogP contribution in [0.15, 0.2) is 60.7 Å².